The molecule has 0 amide bonds. The van der Waals surface area contributed by atoms with Crippen LogP contribution in [0.25, 0.3) is 0 Å². The highest BCUT2D eigenvalue weighted by Gasteiger charge is 2.17. The third kappa shape index (κ3) is 3.84. The van der Waals surface area contributed by atoms with E-state index in [1.54, 1.807) is 25.1 Å². The average molecular weight is 238 g/mol. The maximum Gasteiger partial charge on any atom is 0.304 e. The molecule has 2 N–H and O–H groups in total. The molecule has 0 radical (unpaired) electrons. The fourth-order valence-corrected chi connectivity index (χ4v) is 1.53. The van der Waals surface area contributed by atoms with Gasteiger partial charge in [-0.05, 0) is 6.92 Å². The fraction of sp³-hybridized carbons (Fsp3) is 0.364. The number of nitrogens with zero attached hydrogens (tertiary/aromatic N) is 1. The van der Waals surface area contributed by atoms with Gasteiger partial charge in [0.05, 0.1) is 11.3 Å². The van der Waals surface area contributed by atoms with Crippen molar-refractivity contribution in [2.45, 2.75) is 19.4 Å². The molecule has 0 bridgehead atoms. The number of para-hydroxylation sites is 1. The first-order valence-electron chi connectivity index (χ1n) is 5.21. The van der Waals surface area contributed by atoms with Crippen molar-refractivity contribution in [3.63, 3.8) is 0 Å². The van der Waals surface area contributed by atoms with E-state index in [9.17, 15) is 14.9 Å². The molecule has 0 fully saturated rings. The number of carboxylic acids is 1. The molecule has 92 valence electrons. The number of nitrogens with one attached hydrogen (secondary N) is 1. The molecule has 1 unspecified atom stereocenters. The lowest BCUT2D eigenvalue weighted by atomic mass is 10.1. The van der Waals surface area contributed by atoms with Crippen LogP contribution in [-0.4, -0.2) is 22.5 Å². The van der Waals surface area contributed by atoms with Crippen molar-refractivity contribution in [2.75, 3.05) is 6.54 Å². The Hall–Kier alpha value is -1.95. The zero-order valence-electron chi connectivity index (χ0n) is 9.42. The van der Waals surface area contributed by atoms with Gasteiger partial charge in [0.2, 0.25) is 0 Å². The molecule has 1 atom stereocenters. The van der Waals surface area contributed by atoms with E-state index >= 15 is 0 Å². The first-order valence-corrected chi connectivity index (χ1v) is 5.21. The van der Waals surface area contributed by atoms with E-state index in [4.69, 9.17) is 5.11 Å². The minimum absolute atomic E-state index is 0.00896. The maximum absolute atomic E-state index is 10.8. The Morgan fingerprint density at radius 3 is 2.76 bits per heavy atom. The Balaban J connectivity index is 2.71. The second-order valence-electron chi connectivity index (χ2n) is 3.64. The normalized spacial score (nSPS) is 12.1. The van der Waals surface area contributed by atoms with Crippen LogP contribution < -0.4 is 5.32 Å². The van der Waals surface area contributed by atoms with Crippen LogP contribution in [0.2, 0.25) is 0 Å². The number of benzene rings is 1. The Bertz CT molecular complexity index is 420. The fourth-order valence-electron chi connectivity index (χ4n) is 1.53. The van der Waals surface area contributed by atoms with Gasteiger partial charge in [0.25, 0.3) is 5.69 Å². The topological polar surface area (TPSA) is 92.5 Å². The van der Waals surface area contributed by atoms with Crippen LogP contribution in [0.4, 0.5) is 5.69 Å². The standard InChI is InChI=1S/C11H14N2O4/c1-8(12-7-6-11(14)15)9-4-2-3-5-10(9)13(16)17/h2-5,8,12H,6-7H2,1H3,(H,14,15). The molecule has 0 spiro atoms. The summed E-state index contributed by atoms with van der Waals surface area (Å²) in [6.07, 6.45) is -0.00896. The summed E-state index contributed by atoms with van der Waals surface area (Å²) in [6, 6.07) is 6.17. The van der Waals surface area contributed by atoms with Crippen LogP contribution in [-0.2, 0) is 4.79 Å². The minimum atomic E-state index is -0.896. The molecule has 1 aromatic carbocycles. The molecule has 0 aromatic heterocycles. The number of hydrogen-bond donors (Lipinski definition) is 2. The van der Waals surface area contributed by atoms with Crippen molar-refractivity contribution in [2.24, 2.45) is 0 Å². The molecule has 0 heterocycles. The third-order valence-electron chi connectivity index (χ3n) is 2.39. The quantitative estimate of drug-likeness (QED) is 0.581. The van der Waals surface area contributed by atoms with Gasteiger partial charge in [-0.2, -0.15) is 0 Å². The van der Waals surface area contributed by atoms with Crippen molar-refractivity contribution in [1.29, 1.82) is 0 Å². The van der Waals surface area contributed by atoms with Gasteiger partial charge in [-0.1, -0.05) is 18.2 Å². The van der Waals surface area contributed by atoms with Gasteiger partial charge in [0.15, 0.2) is 0 Å². The molecule has 0 saturated carbocycles. The summed E-state index contributed by atoms with van der Waals surface area (Å²) >= 11 is 0. The average Bonchev–Trinajstić information content (AvgIpc) is 2.28. The van der Waals surface area contributed by atoms with Crippen LogP contribution in [0.5, 0.6) is 0 Å². The number of aliphatic carboxylic acids is 1. The Morgan fingerprint density at radius 1 is 1.53 bits per heavy atom. The first-order chi connectivity index (χ1) is 8.02. The van der Waals surface area contributed by atoms with Crippen LogP contribution >= 0.6 is 0 Å². The molecule has 6 heteroatoms. The highest BCUT2D eigenvalue weighted by atomic mass is 16.6. The lowest BCUT2D eigenvalue weighted by Gasteiger charge is -2.13. The molecule has 0 aliphatic carbocycles. The predicted octanol–water partition coefficient (Wildman–Crippen LogP) is 1.72. The molecule has 0 saturated heterocycles. The molecular formula is C11H14N2O4. The van der Waals surface area contributed by atoms with E-state index in [1.807, 2.05) is 0 Å². The summed E-state index contributed by atoms with van der Waals surface area (Å²) in [5.74, 6) is -0.896. The molecule has 1 aromatic rings. The number of nitro groups is 1. The van der Waals surface area contributed by atoms with Crippen LogP contribution in [0.3, 0.4) is 0 Å². The summed E-state index contributed by atoms with van der Waals surface area (Å²) in [5.41, 5.74) is 0.603. The molecule has 6 nitrogen and oxygen atoms in total. The number of rotatable bonds is 6. The van der Waals surface area contributed by atoms with Crippen molar-refractivity contribution < 1.29 is 14.8 Å². The van der Waals surface area contributed by atoms with Crippen LogP contribution in [0, 0.1) is 10.1 Å². The second-order valence-corrected chi connectivity index (χ2v) is 3.64. The smallest absolute Gasteiger partial charge is 0.304 e. The van der Waals surface area contributed by atoms with Gasteiger partial charge in [-0.15, -0.1) is 0 Å². The number of carbonyl (C=O) groups is 1. The van der Waals surface area contributed by atoms with Crippen molar-refractivity contribution in [3.05, 3.63) is 39.9 Å². The van der Waals surface area contributed by atoms with Gasteiger partial charge < -0.3 is 10.4 Å². The second kappa shape index (κ2) is 5.95. The van der Waals surface area contributed by atoms with Crippen LogP contribution in [0.1, 0.15) is 24.9 Å². The zero-order valence-corrected chi connectivity index (χ0v) is 9.42. The van der Waals surface area contributed by atoms with Gasteiger partial charge in [0.1, 0.15) is 0 Å². The summed E-state index contributed by atoms with van der Waals surface area (Å²) in [6.45, 7) is 2.05. The van der Waals surface area contributed by atoms with E-state index in [-0.39, 0.29) is 24.7 Å². The first kappa shape index (κ1) is 13.1. The lowest BCUT2D eigenvalue weighted by molar-refractivity contribution is -0.385. The van der Waals surface area contributed by atoms with E-state index < -0.39 is 10.9 Å². The largest absolute Gasteiger partial charge is 0.481 e. The Kier molecular flexibility index (Phi) is 4.59. The van der Waals surface area contributed by atoms with E-state index in [0.717, 1.165) is 0 Å². The minimum Gasteiger partial charge on any atom is -0.481 e. The molecule has 0 aliphatic heterocycles. The summed E-state index contributed by atoms with van der Waals surface area (Å²) < 4.78 is 0. The summed E-state index contributed by atoms with van der Waals surface area (Å²) in [5, 5.41) is 22.2. The van der Waals surface area contributed by atoms with E-state index in [1.165, 1.54) is 6.07 Å². The highest BCUT2D eigenvalue weighted by molar-refractivity contribution is 5.66. The zero-order chi connectivity index (χ0) is 12.8. The third-order valence-corrected chi connectivity index (χ3v) is 2.39. The van der Waals surface area contributed by atoms with E-state index in [2.05, 4.69) is 5.32 Å². The SMILES string of the molecule is CC(NCCC(=O)O)c1ccccc1[N+](=O)[O-]. The molecule has 1 rings (SSSR count). The van der Waals surface area contributed by atoms with Gasteiger partial charge in [0, 0.05) is 24.2 Å². The Morgan fingerprint density at radius 2 is 2.18 bits per heavy atom. The number of nitro benzene ring substituents is 1. The van der Waals surface area contributed by atoms with Crippen molar-refractivity contribution in [3.8, 4) is 0 Å². The predicted molar refractivity (Wildman–Crippen MR) is 61.8 cm³/mol. The molecular weight excluding hydrogens is 224 g/mol. The molecule has 0 aliphatic rings. The maximum atomic E-state index is 10.8. The number of carboxylic acid groups (broad SMARTS) is 1. The van der Waals surface area contributed by atoms with Gasteiger partial charge >= 0.3 is 5.97 Å². The summed E-state index contributed by atoms with van der Waals surface area (Å²) in [7, 11) is 0. The van der Waals surface area contributed by atoms with Gasteiger partial charge in [-0.25, -0.2) is 0 Å². The van der Waals surface area contributed by atoms with Crippen molar-refractivity contribution >= 4 is 11.7 Å². The van der Waals surface area contributed by atoms with E-state index in [0.29, 0.717) is 5.56 Å². The summed E-state index contributed by atoms with van der Waals surface area (Å²) in [4.78, 5) is 20.7. The van der Waals surface area contributed by atoms with Crippen molar-refractivity contribution in [1.82, 2.24) is 5.32 Å². The number of hydrogen-bond acceptors (Lipinski definition) is 4. The lowest BCUT2D eigenvalue weighted by Crippen LogP contribution is -2.22. The highest BCUT2D eigenvalue weighted by Crippen LogP contribution is 2.24. The van der Waals surface area contributed by atoms with Crippen LogP contribution in [0.15, 0.2) is 24.3 Å². The monoisotopic (exact) mass is 238 g/mol. The Labute approximate surface area is 98.4 Å². The van der Waals surface area contributed by atoms with Gasteiger partial charge in [-0.3, -0.25) is 14.9 Å². The molecule has 17 heavy (non-hydrogen) atoms.